The molecule has 9 heteroatoms. The second kappa shape index (κ2) is 9.48. The van der Waals surface area contributed by atoms with E-state index in [0.717, 1.165) is 16.6 Å². The van der Waals surface area contributed by atoms with Crippen LogP contribution >= 0.6 is 0 Å². The zero-order valence-corrected chi connectivity index (χ0v) is 22.4. The van der Waals surface area contributed by atoms with Crippen molar-refractivity contribution in [2.24, 2.45) is 0 Å². The first-order valence-corrected chi connectivity index (χ1v) is 13.2. The average molecular weight is 530 g/mol. The number of carbonyl (C=O) groups excluding carboxylic acids is 3. The van der Waals surface area contributed by atoms with Crippen molar-refractivity contribution < 1.29 is 28.6 Å². The number of benzene rings is 3. The lowest BCUT2D eigenvalue weighted by Crippen LogP contribution is -2.50. The summed E-state index contributed by atoms with van der Waals surface area (Å²) in [6.45, 7) is 8.36. The highest BCUT2D eigenvalue weighted by atomic mass is 16.7. The zero-order valence-electron chi connectivity index (χ0n) is 22.4. The van der Waals surface area contributed by atoms with Crippen molar-refractivity contribution in [3.05, 3.63) is 65.2 Å². The highest BCUT2D eigenvalue weighted by Gasteiger charge is 2.34. The molecule has 0 aliphatic carbocycles. The van der Waals surface area contributed by atoms with Crippen LogP contribution in [0.3, 0.4) is 0 Å². The van der Waals surface area contributed by atoms with Crippen LogP contribution in [0.1, 0.15) is 47.1 Å². The van der Waals surface area contributed by atoms with Gasteiger partial charge in [0.1, 0.15) is 5.60 Å². The second-order valence-electron chi connectivity index (χ2n) is 11.0. The van der Waals surface area contributed by atoms with E-state index >= 15 is 0 Å². The molecule has 6 rings (SSSR count). The number of amides is 3. The predicted octanol–water partition coefficient (Wildman–Crippen LogP) is 4.46. The Morgan fingerprint density at radius 3 is 2.36 bits per heavy atom. The summed E-state index contributed by atoms with van der Waals surface area (Å²) in [7, 11) is 0. The molecule has 0 saturated carbocycles. The molecule has 9 nitrogen and oxygen atoms in total. The van der Waals surface area contributed by atoms with Crippen LogP contribution in [-0.4, -0.2) is 72.8 Å². The number of rotatable bonds is 4. The van der Waals surface area contributed by atoms with E-state index in [1.807, 2.05) is 63.2 Å². The molecule has 202 valence electrons. The van der Waals surface area contributed by atoms with E-state index in [-0.39, 0.29) is 31.2 Å². The van der Waals surface area contributed by atoms with Gasteiger partial charge >= 0.3 is 6.09 Å². The number of piperazine rings is 1. The molecular formula is C30H31N3O6. The topological polar surface area (TPSA) is 88.6 Å². The van der Waals surface area contributed by atoms with E-state index in [1.54, 1.807) is 11.0 Å². The highest BCUT2D eigenvalue weighted by molar-refractivity contribution is 6.26. The third kappa shape index (κ3) is 4.62. The first-order chi connectivity index (χ1) is 18.7. The zero-order chi connectivity index (χ0) is 27.3. The summed E-state index contributed by atoms with van der Waals surface area (Å²) in [5, 5.41) is 1.56. The average Bonchev–Trinajstić information content (AvgIpc) is 3.38. The van der Waals surface area contributed by atoms with Crippen molar-refractivity contribution in [3.63, 3.8) is 0 Å². The Kier molecular flexibility index (Phi) is 6.09. The smallest absolute Gasteiger partial charge is 0.410 e. The minimum absolute atomic E-state index is 0.198. The van der Waals surface area contributed by atoms with Gasteiger partial charge in [-0.15, -0.1) is 0 Å². The maximum absolute atomic E-state index is 13.5. The first-order valence-electron chi connectivity index (χ1n) is 13.2. The van der Waals surface area contributed by atoms with Gasteiger partial charge in [0.2, 0.25) is 6.79 Å². The number of imide groups is 1. The van der Waals surface area contributed by atoms with Crippen molar-refractivity contribution >= 4 is 34.4 Å². The molecule has 0 N–H and O–H groups in total. The SMILES string of the molecule is CC(C)(C)OC(=O)N1CCN(c2ccc3c4c(cccc24)C(=O)N(CCc2ccc4c(c2)OCO4)C3=O)CC1. The van der Waals surface area contributed by atoms with Crippen molar-refractivity contribution in [1.82, 2.24) is 9.80 Å². The van der Waals surface area contributed by atoms with Gasteiger partial charge in [-0.05, 0) is 63.1 Å². The molecule has 39 heavy (non-hydrogen) atoms. The van der Waals surface area contributed by atoms with Crippen molar-refractivity contribution in [3.8, 4) is 11.5 Å². The Morgan fingerprint density at radius 1 is 0.897 bits per heavy atom. The maximum atomic E-state index is 13.5. The molecule has 1 fully saturated rings. The second-order valence-corrected chi connectivity index (χ2v) is 11.0. The molecule has 3 aliphatic rings. The van der Waals surface area contributed by atoms with E-state index in [1.165, 1.54) is 4.90 Å². The Balaban J connectivity index is 1.21. The summed E-state index contributed by atoms with van der Waals surface area (Å²) in [6, 6.07) is 15.1. The minimum Gasteiger partial charge on any atom is -0.454 e. The molecule has 0 spiro atoms. The summed E-state index contributed by atoms with van der Waals surface area (Å²) in [5.74, 6) is 0.807. The Hall–Kier alpha value is -4.27. The molecule has 3 aliphatic heterocycles. The normalized spacial score (nSPS) is 16.7. The monoisotopic (exact) mass is 529 g/mol. The predicted molar refractivity (Wildman–Crippen MR) is 146 cm³/mol. The molecule has 0 radical (unpaired) electrons. The molecule has 0 bridgehead atoms. The molecule has 0 aromatic heterocycles. The summed E-state index contributed by atoms with van der Waals surface area (Å²) >= 11 is 0. The number of fused-ring (bicyclic) bond motifs is 1. The first kappa shape index (κ1) is 25.0. The number of carbonyl (C=O) groups is 3. The van der Waals surface area contributed by atoms with Gasteiger partial charge in [-0.1, -0.05) is 18.2 Å². The van der Waals surface area contributed by atoms with Crippen LogP contribution in [0.2, 0.25) is 0 Å². The number of anilines is 1. The van der Waals surface area contributed by atoms with E-state index in [0.29, 0.717) is 60.6 Å². The van der Waals surface area contributed by atoms with Crippen LogP contribution in [0.15, 0.2) is 48.5 Å². The van der Waals surface area contributed by atoms with Crippen molar-refractivity contribution in [1.29, 1.82) is 0 Å². The van der Waals surface area contributed by atoms with Crippen LogP contribution in [-0.2, 0) is 11.2 Å². The number of ether oxygens (including phenoxy) is 3. The van der Waals surface area contributed by atoms with Crippen molar-refractivity contribution in [2.75, 3.05) is 44.4 Å². The molecule has 3 aromatic carbocycles. The highest BCUT2D eigenvalue weighted by Crippen LogP contribution is 2.37. The lowest BCUT2D eigenvalue weighted by Gasteiger charge is -2.37. The Bertz CT molecular complexity index is 1460. The number of hydrogen-bond donors (Lipinski definition) is 0. The molecule has 0 unspecified atom stereocenters. The van der Waals surface area contributed by atoms with Gasteiger partial charge in [0.05, 0.1) is 0 Å². The number of nitrogens with zero attached hydrogens (tertiary/aromatic N) is 3. The minimum atomic E-state index is -0.540. The van der Waals surface area contributed by atoms with Crippen LogP contribution in [0.25, 0.3) is 10.8 Å². The van der Waals surface area contributed by atoms with Gasteiger partial charge in [0.25, 0.3) is 11.8 Å². The largest absolute Gasteiger partial charge is 0.454 e. The quantitative estimate of drug-likeness (QED) is 0.461. The molecule has 3 heterocycles. The molecule has 3 amide bonds. The van der Waals surface area contributed by atoms with Gasteiger partial charge in [0.15, 0.2) is 11.5 Å². The van der Waals surface area contributed by atoms with Crippen LogP contribution in [0, 0.1) is 0 Å². The van der Waals surface area contributed by atoms with Crippen LogP contribution in [0.5, 0.6) is 11.5 Å². The third-order valence-electron chi connectivity index (χ3n) is 7.30. The third-order valence-corrected chi connectivity index (χ3v) is 7.30. The van der Waals surface area contributed by atoms with Crippen molar-refractivity contribution in [2.45, 2.75) is 32.8 Å². The number of hydrogen-bond acceptors (Lipinski definition) is 7. The van der Waals surface area contributed by atoms with Gasteiger partial charge in [-0.25, -0.2) is 4.79 Å². The van der Waals surface area contributed by atoms with E-state index in [2.05, 4.69) is 4.90 Å². The Morgan fingerprint density at radius 2 is 1.62 bits per heavy atom. The summed E-state index contributed by atoms with van der Waals surface area (Å²) < 4.78 is 16.3. The van der Waals surface area contributed by atoms with E-state index < -0.39 is 5.60 Å². The van der Waals surface area contributed by atoms with E-state index in [9.17, 15) is 14.4 Å². The van der Waals surface area contributed by atoms with Gasteiger partial charge < -0.3 is 24.0 Å². The summed E-state index contributed by atoms with van der Waals surface area (Å²) in [5.41, 5.74) is 2.43. The van der Waals surface area contributed by atoms with Gasteiger partial charge in [-0.3, -0.25) is 14.5 Å². The van der Waals surface area contributed by atoms with Crippen LogP contribution < -0.4 is 14.4 Å². The molecule has 0 atom stereocenters. The van der Waals surface area contributed by atoms with Gasteiger partial charge in [-0.2, -0.15) is 0 Å². The van der Waals surface area contributed by atoms with Gasteiger partial charge in [0, 0.05) is 60.3 Å². The lowest BCUT2D eigenvalue weighted by molar-refractivity contribution is 0.0240. The molecular weight excluding hydrogens is 498 g/mol. The summed E-state index contributed by atoms with van der Waals surface area (Å²) in [6.07, 6.45) is 0.204. The standard InChI is InChI=1S/C30H31N3O6/c1-30(2,3)39-29(36)32-15-13-31(14-16-32)23-9-8-22-26-20(23)5-4-6-21(26)27(34)33(28(22)35)12-11-19-7-10-24-25(17-19)38-18-37-24/h4-10,17H,11-16,18H2,1-3H3. The lowest BCUT2D eigenvalue weighted by atomic mass is 9.92. The fourth-order valence-electron chi connectivity index (χ4n) is 5.40. The van der Waals surface area contributed by atoms with E-state index in [4.69, 9.17) is 14.2 Å². The fraction of sp³-hybridized carbons (Fsp3) is 0.367. The summed E-state index contributed by atoms with van der Waals surface area (Å²) in [4.78, 5) is 44.8. The fourth-order valence-corrected chi connectivity index (χ4v) is 5.40. The molecule has 1 saturated heterocycles. The van der Waals surface area contributed by atoms with Crippen LogP contribution in [0.4, 0.5) is 10.5 Å². The molecule has 3 aromatic rings. The maximum Gasteiger partial charge on any atom is 0.410 e. The Labute approximate surface area is 226 Å².